The fourth-order valence-electron chi connectivity index (χ4n) is 1.81. The number of hydrogen-bond acceptors (Lipinski definition) is 4. The molecule has 1 aromatic heterocycles. The summed E-state index contributed by atoms with van der Waals surface area (Å²) in [5.74, 6) is 0.692. The first-order chi connectivity index (χ1) is 9.55. The molecule has 1 heterocycles. The zero-order chi connectivity index (χ0) is 15.0. The number of ether oxygens (including phenoxy) is 2. The Kier molecular flexibility index (Phi) is 7.55. The number of hydrogen-bond donors (Lipinski definition) is 1. The van der Waals surface area contributed by atoms with Gasteiger partial charge in [0.15, 0.2) is 0 Å². The Morgan fingerprint density at radius 3 is 2.55 bits per heavy atom. The third kappa shape index (κ3) is 6.35. The molecule has 4 heteroatoms. The summed E-state index contributed by atoms with van der Waals surface area (Å²) in [5, 5.41) is 3.42. The summed E-state index contributed by atoms with van der Waals surface area (Å²) in [6, 6.07) is 4.61. The van der Waals surface area contributed by atoms with E-state index in [0.29, 0.717) is 25.1 Å². The van der Waals surface area contributed by atoms with E-state index in [1.807, 2.05) is 19.9 Å². The highest BCUT2D eigenvalue weighted by Crippen LogP contribution is 2.15. The van der Waals surface area contributed by atoms with Gasteiger partial charge in [-0.25, -0.2) is 4.98 Å². The van der Waals surface area contributed by atoms with Gasteiger partial charge in [0, 0.05) is 31.0 Å². The molecule has 0 fully saturated rings. The predicted molar refractivity (Wildman–Crippen MR) is 82.2 cm³/mol. The predicted octanol–water partition coefficient (Wildman–Crippen LogP) is 2.95. The number of nitrogens with zero attached hydrogens (tertiary/aromatic N) is 1. The Hall–Kier alpha value is -1.13. The topological polar surface area (TPSA) is 43.4 Å². The zero-order valence-corrected chi connectivity index (χ0v) is 13.4. The van der Waals surface area contributed by atoms with Crippen molar-refractivity contribution in [2.45, 2.75) is 59.7 Å². The lowest BCUT2D eigenvalue weighted by molar-refractivity contribution is 0.0632. The van der Waals surface area contributed by atoms with Crippen molar-refractivity contribution >= 4 is 0 Å². The van der Waals surface area contributed by atoms with Crippen LogP contribution in [-0.2, 0) is 17.7 Å². The standard InChI is InChI=1S/C16H28N2O2/c1-6-15-8-14(10-17-12(3)4)9-16(18-15)20-13(5)11-19-7-2/h8-9,12-13,17H,6-7,10-11H2,1-5H3. The number of pyridine rings is 1. The second kappa shape index (κ2) is 8.93. The van der Waals surface area contributed by atoms with Gasteiger partial charge < -0.3 is 14.8 Å². The molecule has 0 aliphatic rings. The van der Waals surface area contributed by atoms with Crippen LogP contribution in [0.1, 0.15) is 45.9 Å². The van der Waals surface area contributed by atoms with Gasteiger partial charge in [-0.1, -0.05) is 20.8 Å². The molecule has 0 bridgehead atoms. The molecular formula is C16H28N2O2. The van der Waals surface area contributed by atoms with E-state index in [2.05, 4.69) is 37.1 Å². The van der Waals surface area contributed by atoms with Crippen molar-refractivity contribution < 1.29 is 9.47 Å². The molecule has 0 saturated heterocycles. The maximum atomic E-state index is 5.84. The van der Waals surface area contributed by atoms with Crippen LogP contribution in [0.2, 0.25) is 0 Å². The molecule has 0 amide bonds. The van der Waals surface area contributed by atoms with E-state index in [-0.39, 0.29) is 6.10 Å². The molecule has 0 aliphatic carbocycles. The first-order valence-electron chi connectivity index (χ1n) is 7.52. The maximum absolute atomic E-state index is 5.84. The summed E-state index contributed by atoms with van der Waals surface area (Å²) in [6.45, 7) is 12.5. The number of nitrogens with one attached hydrogen (secondary N) is 1. The normalized spacial score (nSPS) is 12.7. The fourth-order valence-corrected chi connectivity index (χ4v) is 1.81. The Bertz CT molecular complexity index is 394. The first-order valence-corrected chi connectivity index (χ1v) is 7.52. The van der Waals surface area contributed by atoms with Crippen LogP contribution < -0.4 is 10.1 Å². The molecule has 1 N–H and O–H groups in total. The van der Waals surface area contributed by atoms with Gasteiger partial charge >= 0.3 is 0 Å². The number of aromatic nitrogens is 1. The molecule has 0 radical (unpaired) electrons. The Morgan fingerprint density at radius 1 is 1.20 bits per heavy atom. The van der Waals surface area contributed by atoms with Gasteiger partial charge in [0.25, 0.3) is 0 Å². The average Bonchev–Trinajstić information content (AvgIpc) is 2.42. The molecule has 0 aromatic carbocycles. The minimum Gasteiger partial charge on any atom is -0.472 e. The smallest absolute Gasteiger partial charge is 0.214 e. The van der Waals surface area contributed by atoms with Gasteiger partial charge in [-0.2, -0.15) is 0 Å². The van der Waals surface area contributed by atoms with Crippen molar-refractivity contribution in [3.8, 4) is 5.88 Å². The fraction of sp³-hybridized carbons (Fsp3) is 0.688. The number of rotatable bonds is 9. The molecule has 0 spiro atoms. The van der Waals surface area contributed by atoms with E-state index in [1.54, 1.807) is 0 Å². The van der Waals surface area contributed by atoms with Crippen LogP contribution in [0.25, 0.3) is 0 Å². The minimum absolute atomic E-state index is 0.0143. The highest BCUT2D eigenvalue weighted by atomic mass is 16.5. The molecule has 1 rings (SSSR count). The summed E-state index contributed by atoms with van der Waals surface area (Å²) in [7, 11) is 0. The highest BCUT2D eigenvalue weighted by molar-refractivity contribution is 5.25. The zero-order valence-electron chi connectivity index (χ0n) is 13.4. The molecule has 4 nitrogen and oxygen atoms in total. The summed E-state index contributed by atoms with van der Waals surface area (Å²) >= 11 is 0. The van der Waals surface area contributed by atoms with Gasteiger partial charge in [-0.15, -0.1) is 0 Å². The monoisotopic (exact) mass is 280 g/mol. The lowest BCUT2D eigenvalue weighted by atomic mass is 10.2. The van der Waals surface area contributed by atoms with Crippen LogP contribution >= 0.6 is 0 Å². The van der Waals surface area contributed by atoms with Crippen LogP contribution in [0.3, 0.4) is 0 Å². The lowest BCUT2D eigenvalue weighted by Gasteiger charge is -2.16. The quantitative estimate of drug-likeness (QED) is 0.755. The van der Waals surface area contributed by atoms with Crippen LogP contribution in [0.4, 0.5) is 0 Å². The third-order valence-electron chi connectivity index (χ3n) is 2.87. The SMILES string of the molecule is CCOCC(C)Oc1cc(CNC(C)C)cc(CC)n1. The van der Waals surface area contributed by atoms with Crippen molar-refractivity contribution in [3.63, 3.8) is 0 Å². The van der Waals surface area contributed by atoms with E-state index in [0.717, 1.165) is 18.7 Å². The molecule has 1 atom stereocenters. The van der Waals surface area contributed by atoms with Crippen molar-refractivity contribution in [1.29, 1.82) is 0 Å². The first kappa shape index (κ1) is 16.9. The second-order valence-corrected chi connectivity index (χ2v) is 5.28. The van der Waals surface area contributed by atoms with Crippen LogP contribution in [0.5, 0.6) is 5.88 Å². The average molecular weight is 280 g/mol. The summed E-state index contributed by atoms with van der Waals surface area (Å²) in [4.78, 5) is 4.52. The largest absolute Gasteiger partial charge is 0.472 e. The van der Waals surface area contributed by atoms with Crippen LogP contribution in [0.15, 0.2) is 12.1 Å². The molecule has 0 aliphatic heterocycles. The lowest BCUT2D eigenvalue weighted by Crippen LogP contribution is -2.23. The van der Waals surface area contributed by atoms with Gasteiger partial charge in [0.2, 0.25) is 5.88 Å². The highest BCUT2D eigenvalue weighted by Gasteiger charge is 2.08. The molecule has 1 aromatic rings. The van der Waals surface area contributed by atoms with Crippen molar-refractivity contribution in [1.82, 2.24) is 10.3 Å². The molecule has 20 heavy (non-hydrogen) atoms. The molecule has 114 valence electrons. The summed E-state index contributed by atoms with van der Waals surface area (Å²) < 4.78 is 11.2. The third-order valence-corrected chi connectivity index (χ3v) is 2.87. The molecular weight excluding hydrogens is 252 g/mol. The van der Waals surface area contributed by atoms with E-state index in [1.165, 1.54) is 5.56 Å². The van der Waals surface area contributed by atoms with E-state index < -0.39 is 0 Å². The Balaban J connectivity index is 2.71. The Morgan fingerprint density at radius 2 is 1.95 bits per heavy atom. The van der Waals surface area contributed by atoms with E-state index in [9.17, 15) is 0 Å². The van der Waals surface area contributed by atoms with Crippen molar-refractivity contribution in [2.75, 3.05) is 13.2 Å². The van der Waals surface area contributed by atoms with Gasteiger partial charge in [0.1, 0.15) is 6.10 Å². The van der Waals surface area contributed by atoms with Crippen LogP contribution in [-0.4, -0.2) is 30.3 Å². The maximum Gasteiger partial charge on any atom is 0.214 e. The van der Waals surface area contributed by atoms with Gasteiger partial charge in [-0.3, -0.25) is 0 Å². The Labute approximate surface area is 122 Å². The summed E-state index contributed by atoms with van der Waals surface area (Å²) in [6.07, 6.45) is 0.923. The number of aryl methyl sites for hydroxylation is 1. The molecule has 1 unspecified atom stereocenters. The van der Waals surface area contributed by atoms with Crippen LogP contribution in [0, 0.1) is 0 Å². The summed E-state index contributed by atoms with van der Waals surface area (Å²) in [5.41, 5.74) is 2.27. The van der Waals surface area contributed by atoms with Crippen molar-refractivity contribution in [2.24, 2.45) is 0 Å². The van der Waals surface area contributed by atoms with Crippen molar-refractivity contribution in [3.05, 3.63) is 23.4 Å². The van der Waals surface area contributed by atoms with Gasteiger partial charge in [0.05, 0.1) is 6.61 Å². The minimum atomic E-state index is 0.0143. The van der Waals surface area contributed by atoms with E-state index in [4.69, 9.17) is 9.47 Å². The second-order valence-electron chi connectivity index (χ2n) is 5.28. The van der Waals surface area contributed by atoms with E-state index >= 15 is 0 Å². The molecule has 0 saturated carbocycles. The van der Waals surface area contributed by atoms with Gasteiger partial charge in [-0.05, 0) is 31.9 Å².